The van der Waals surface area contributed by atoms with Gasteiger partial charge in [0.25, 0.3) is 5.91 Å². The molecule has 0 spiro atoms. The zero-order valence-electron chi connectivity index (χ0n) is 21.0. The van der Waals surface area contributed by atoms with Crippen molar-refractivity contribution in [3.8, 4) is 0 Å². The van der Waals surface area contributed by atoms with Gasteiger partial charge in [-0.1, -0.05) is 42.5 Å². The number of amides is 3. The Hall–Kier alpha value is -4.20. The highest BCUT2D eigenvalue weighted by molar-refractivity contribution is 6.28. The molecule has 3 aromatic carbocycles. The van der Waals surface area contributed by atoms with Crippen LogP contribution in [0.15, 0.2) is 60.7 Å². The molecule has 8 heteroatoms. The number of nitrogens with zero attached hydrogens (tertiary/aromatic N) is 2. The fourth-order valence-corrected chi connectivity index (χ4v) is 5.91. The first-order valence-electron chi connectivity index (χ1n) is 13.2. The predicted molar refractivity (Wildman–Crippen MR) is 143 cm³/mol. The molecule has 6 rings (SSSR count). The third-order valence-electron chi connectivity index (χ3n) is 7.88. The SMILES string of the molecule is O=C1CCC(N2C(=O)c3ccc(N4CCC(CC(=O)OCc5ccccc5)CC4)c4cccc2c34)C(=O)N1. The largest absolute Gasteiger partial charge is 0.461 e. The van der Waals surface area contributed by atoms with E-state index >= 15 is 0 Å². The van der Waals surface area contributed by atoms with Gasteiger partial charge in [0.15, 0.2) is 0 Å². The minimum atomic E-state index is -0.695. The number of esters is 1. The van der Waals surface area contributed by atoms with Gasteiger partial charge in [0.1, 0.15) is 12.6 Å². The van der Waals surface area contributed by atoms with E-state index in [1.54, 1.807) is 4.90 Å². The first-order valence-corrected chi connectivity index (χ1v) is 13.2. The Kier molecular flexibility index (Phi) is 6.31. The monoisotopic (exact) mass is 511 g/mol. The molecular weight excluding hydrogens is 482 g/mol. The standard InChI is InChI=1S/C30H29N3O5/c34-26-12-11-25(29(36)31-26)33-24-8-4-7-21-23(10-9-22(28(21)24)30(33)37)32-15-13-19(14-16-32)17-27(35)38-18-20-5-2-1-3-6-20/h1-10,19,25H,11-18H2,(H,31,34,36). The Morgan fingerprint density at radius 3 is 2.45 bits per heavy atom. The highest BCUT2D eigenvalue weighted by Crippen LogP contribution is 2.43. The Balaban J connectivity index is 1.15. The molecule has 3 aliphatic heterocycles. The smallest absolute Gasteiger partial charge is 0.306 e. The second-order valence-electron chi connectivity index (χ2n) is 10.3. The lowest BCUT2D eigenvalue weighted by Gasteiger charge is -2.34. The van der Waals surface area contributed by atoms with Crippen LogP contribution in [-0.2, 0) is 25.7 Å². The number of hydrogen-bond donors (Lipinski definition) is 1. The number of carbonyl (C=O) groups is 4. The van der Waals surface area contributed by atoms with Crippen molar-refractivity contribution < 1.29 is 23.9 Å². The summed E-state index contributed by atoms with van der Waals surface area (Å²) in [6.07, 6.45) is 2.71. The Bertz CT molecular complexity index is 1430. The van der Waals surface area contributed by atoms with Crippen LogP contribution in [0.3, 0.4) is 0 Å². The number of imide groups is 1. The molecule has 0 radical (unpaired) electrons. The summed E-state index contributed by atoms with van der Waals surface area (Å²) in [5.74, 6) is -0.821. The van der Waals surface area contributed by atoms with Gasteiger partial charge in [-0.25, -0.2) is 0 Å². The third-order valence-corrected chi connectivity index (χ3v) is 7.88. The molecule has 1 unspecified atom stereocenters. The fraction of sp³-hybridized carbons (Fsp3) is 0.333. The lowest BCUT2D eigenvalue weighted by molar-refractivity contribution is -0.146. The molecule has 3 aliphatic rings. The topological polar surface area (TPSA) is 96.0 Å². The quantitative estimate of drug-likeness (QED) is 0.398. The summed E-state index contributed by atoms with van der Waals surface area (Å²) in [6, 6.07) is 18.6. The highest BCUT2D eigenvalue weighted by Gasteiger charge is 2.41. The van der Waals surface area contributed by atoms with E-state index in [9.17, 15) is 19.2 Å². The summed E-state index contributed by atoms with van der Waals surface area (Å²) >= 11 is 0. The van der Waals surface area contributed by atoms with E-state index in [0.717, 1.165) is 53.6 Å². The molecule has 0 bridgehead atoms. The molecule has 8 nitrogen and oxygen atoms in total. The number of benzene rings is 3. The Labute approximate surface area is 220 Å². The summed E-state index contributed by atoms with van der Waals surface area (Å²) in [7, 11) is 0. The average Bonchev–Trinajstić information content (AvgIpc) is 3.21. The Morgan fingerprint density at radius 2 is 1.68 bits per heavy atom. The van der Waals surface area contributed by atoms with Crippen molar-refractivity contribution in [1.82, 2.24) is 5.32 Å². The van der Waals surface area contributed by atoms with Crippen LogP contribution in [0.25, 0.3) is 10.8 Å². The minimum Gasteiger partial charge on any atom is -0.461 e. The lowest BCUT2D eigenvalue weighted by atomic mass is 9.92. The van der Waals surface area contributed by atoms with Crippen molar-refractivity contribution in [2.75, 3.05) is 22.9 Å². The number of hydrogen-bond acceptors (Lipinski definition) is 6. The molecule has 3 aromatic rings. The number of nitrogens with one attached hydrogen (secondary N) is 1. The van der Waals surface area contributed by atoms with Crippen LogP contribution in [0.1, 0.15) is 48.0 Å². The normalized spacial score (nSPS) is 19.7. The Morgan fingerprint density at radius 1 is 0.895 bits per heavy atom. The van der Waals surface area contributed by atoms with Gasteiger partial charge >= 0.3 is 5.97 Å². The van der Waals surface area contributed by atoms with Gasteiger partial charge in [-0.2, -0.15) is 0 Å². The van der Waals surface area contributed by atoms with Crippen molar-refractivity contribution in [3.63, 3.8) is 0 Å². The molecular formula is C30H29N3O5. The summed E-state index contributed by atoms with van der Waals surface area (Å²) in [6.45, 7) is 1.91. The fourth-order valence-electron chi connectivity index (χ4n) is 5.91. The molecule has 194 valence electrons. The number of piperidine rings is 2. The lowest BCUT2D eigenvalue weighted by Crippen LogP contribution is -2.53. The van der Waals surface area contributed by atoms with Crippen molar-refractivity contribution >= 4 is 45.8 Å². The first kappa shape index (κ1) is 24.2. The van der Waals surface area contributed by atoms with Gasteiger partial charge in [-0.15, -0.1) is 0 Å². The zero-order valence-corrected chi connectivity index (χ0v) is 21.0. The predicted octanol–water partition coefficient (Wildman–Crippen LogP) is 3.96. The first-order chi connectivity index (χ1) is 18.5. The van der Waals surface area contributed by atoms with E-state index in [1.165, 1.54) is 0 Å². The second-order valence-corrected chi connectivity index (χ2v) is 10.3. The molecule has 2 fully saturated rings. The van der Waals surface area contributed by atoms with Crippen LogP contribution < -0.4 is 15.1 Å². The maximum atomic E-state index is 13.4. The van der Waals surface area contributed by atoms with Gasteiger partial charge in [0.05, 0.1) is 11.3 Å². The number of anilines is 2. The van der Waals surface area contributed by atoms with Crippen LogP contribution >= 0.6 is 0 Å². The van der Waals surface area contributed by atoms with Crippen LogP contribution in [-0.4, -0.2) is 42.8 Å². The number of ether oxygens (including phenoxy) is 1. The highest BCUT2D eigenvalue weighted by atomic mass is 16.5. The van der Waals surface area contributed by atoms with E-state index < -0.39 is 11.9 Å². The minimum absolute atomic E-state index is 0.162. The summed E-state index contributed by atoms with van der Waals surface area (Å²) in [5.41, 5.74) is 3.33. The molecule has 38 heavy (non-hydrogen) atoms. The van der Waals surface area contributed by atoms with Crippen molar-refractivity contribution in [2.45, 2.75) is 44.8 Å². The van der Waals surface area contributed by atoms with E-state index in [-0.39, 0.29) is 30.1 Å². The summed E-state index contributed by atoms with van der Waals surface area (Å²) in [4.78, 5) is 53.9. The van der Waals surface area contributed by atoms with Gasteiger partial charge < -0.3 is 9.64 Å². The van der Waals surface area contributed by atoms with Crippen molar-refractivity contribution in [3.05, 3.63) is 71.8 Å². The van der Waals surface area contributed by atoms with Crippen LogP contribution in [0.2, 0.25) is 0 Å². The van der Waals surface area contributed by atoms with Crippen LogP contribution in [0.5, 0.6) is 0 Å². The van der Waals surface area contributed by atoms with Gasteiger partial charge in [0, 0.05) is 42.4 Å². The van der Waals surface area contributed by atoms with E-state index in [2.05, 4.69) is 10.2 Å². The van der Waals surface area contributed by atoms with Gasteiger partial charge in [0.2, 0.25) is 11.8 Å². The maximum Gasteiger partial charge on any atom is 0.306 e. The number of rotatable bonds is 6. The van der Waals surface area contributed by atoms with E-state index in [1.807, 2.05) is 60.7 Å². The maximum absolute atomic E-state index is 13.4. The summed E-state index contributed by atoms with van der Waals surface area (Å²) < 4.78 is 5.48. The van der Waals surface area contributed by atoms with Crippen LogP contribution in [0, 0.1) is 5.92 Å². The number of carbonyl (C=O) groups excluding carboxylic acids is 4. The summed E-state index contributed by atoms with van der Waals surface area (Å²) in [5, 5.41) is 4.20. The molecule has 0 aromatic heterocycles. The van der Waals surface area contributed by atoms with Crippen molar-refractivity contribution in [2.24, 2.45) is 5.92 Å². The molecule has 2 saturated heterocycles. The molecule has 3 heterocycles. The van der Waals surface area contributed by atoms with E-state index in [0.29, 0.717) is 25.0 Å². The molecule has 1 atom stereocenters. The van der Waals surface area contributed by atoms with E-state index in [4.69, 9.17) is 4.74 Å². The molecule has 3 amide bonds. The molecule has 1 N–H and O–H groups in total. The molecule has 0 aliphatic carbocycles. The third kappa shape index (κ3) is 4.40. The van der Waals surface area contributed by atoms with Gasteiger partial charge in [-0.05, 0) is 48.9 Å². The second kappa shape index (κ2) is 9.93. The average molecular weight is 512 g/mol. The van der Waals surface area contributed by atoms with Crippen LogP contribution in [0.4, 0.5) is 11.4 Å². The zero-order chi connectivity index (χ0) is 26.2. The molecule has 0 saturated carbocycles. The van der Waals surface area contributed by atoms with Gasteiger partial charge in [-0.3, -0.25) is 29.4 Å². The van der Waals surface area contributed by atoms with Crippen molar-refractivity contribution in [1.29, 1.82) is 0 Å².